The highest BCUT2D eigenvalue weighted by molar-refractivity contribution is 4.69. The zero-order valence-electron chi connectivity index (χ0n) is 15.0. The molecule has 0 bridgehead atoms. The van der Waals surface area contributed by atoms with Gasteiger partial charge in [0.1, 0.15) is 0 Å². The first-order valence-electron chi connectivity index (χ1n) is 7.82. The zero-order valence-corrected chi connectivity index (χ0v) is 15.0. The van der Waals surface area contributed by atoms with Gasteiger partial charge in [-0.1, -0.05) is 27.7 Å². The van der Waals surface area contributed by atoms with Crippen molar-refractivity contribution >= 4 is 0 Å². The predicted octanol–water partition coefficient (Wildman–Crippen LogP) is 4.50. The fourth-order valence-electron chi connectivity index (χ4n) is 1.64. The Bertz CT molecular complexity index is 134. The van der Waals surface area contributed by atoms with Gasteiger partial charge in [-0.3, -0.25) is 4.90 Å². The lowest BCUT2D eigenvalue weighted by Gasteiger charge is -2.33. The average Bonchev–Trinajstić information content (AvgIpc) is 2.33. The maximum atomic E-state index is 2.54. The van der Waals surface area contributed by atoms with E-state index in [1.54, 1.807) is 0 Å². The van der Waals surface area contributed by atoms with E-state index in [1.807, 2.05) is 27.7 Å². The van der Waals surface area contributed by atoms with Crippen molar-refractivity contribution in [1.82, 2.24) is 9.80 Å². The van der Waals surface area contributed by atoms with Crippen LogP contribution in [0.25, 0.3) is 0 Å². The molecular formula is C16H40N2. The van der Waals surface area contributed by atoms with Crippen LogP contribution in [-0.2, 0) is 0 Å². The van der Waals surface area contributed by atoms with Crippen molar-refractivity contribution < 1.29 is 0 Å². The first-order valence-corrected chi connectivity index (χ1v) is 7.82. The maximum absolute atomic E-state index is 2.54. The number of rotatable bonds is 6. The van der Waals surface area contributed by atoms with Gasteiger partial charge in [-0.25, -0.2) is 0 Å². The molecule has 2 nitrogen and oxygen atoms in total. The molecule has 0 saturated carbocycles. The molecule has 0 rings (SSSR count). The lowest BCUT2D eigenvalue weighted by Crippen LogP contribution is -2.43. The van der Waals surface area contributed by atoms with Crippen LogP contribution in [0.4, 0.5) is 0 Å². The van der Waals surface area contributed by atoms with Gasteiger partial charge in [0.15, 0.2) is 0 Å². The maximum Gasteiger partial charge on any atom is 0.0115 e. The van der Waals surface area contributed by atoms with E-state index in [9.17, 15) is 0 Å². The number of nitrogens with zero attached hydrogens (tertiary/aromatic N) is 2. The van der Waals surface area contributed by atoms with E-state index >= 15 is 0 Å². The molecule has 0 aliphatic heterocycles. The third-order valence-electron chi connectivity index (χ3n) is 2.92. The van der Waals surface area contributed by atoms with Gasteiger partial charge in [0.2, 0.25) is 0 Å². The summed E-state index contributed by atoms with van der Waals surface area (Å²) in [6.45, 7) is 23.9. The number of hydrogen-bond acceptors (Lipinski definition) is 2. The molecule has 0 spiro atoms. The minimum Gasteiger partial charge on any atom is -0.303 e. The molecule has 0 aromatic heterocycles. The van der Waals surface area contributed by atoms with Crippen LogP contribution in [0.1, 0.15) is 69.2 Å². The third kappa shape index (κ3) is 12.4. The van der Waals surface area contributed by atoms with E-state index in [4.69, 9.17) is 0 Å². The Hall–Kier alpha value is -0.0800. The van der Waals surface area contributed by atoms with Crippen molar-refractivity contribution in [1.29, 1.82) is 0 Å². The first-order chi connectivity index (χ1) is 8.36. The van der Waals surface area contributed by atoms with Gasteiger partial charge < -0.3 is 4.90 Å². The van der Waals surface area contributed by atoms with Gasteiger partial charge in [0.25, 0.3) is 0 Å². The molecule has 18 heavy (non-hydrogen) atoms. The Morgan fingerprint density at radius 1 is 0.611 bits per heavy atom. The van der Waals surface area contributed by atoms with Gasteiger partial charge in [-0.05, 0) is 48.6 Å². The lowest BCUT2D eigenvalue weighted by atomic mass is 10.2. The van der Waals surface area contributed by atoms with E-state index in [0.29, 0.717) is 18.1 Å². The molecule has 2 heteroatoms. The predicted molar refractivity (Wildman–Crippen MR) is 87.4 cm³/mol. The lowest BCUT2D eigenvalue weighted by molar-refractivity contribution is 0.143. The smallest absolute Gasteiger partial charge is 0.0115 e. The molecule has 0 unspecified atom stereocenters. The second-order valence-corrected chi connectivity index (χ2v) is 5.00. The van der Waals surface area contributed by atoms with Crippen LogP contribution < -0.4 is 0 Å². The Morgan fingerprint density at radius 3 is 1.17 bits per heavy atom. The van der Waals surface area contributed by atoms with Gasteiger partial charge in [-0.15, -0.1) is 0 Å². The van der Waals surface area contributed by atoms with Crippen molar-refractivity contribution in [2.45, 2.75) is 87.4 Å². The van der Waals surface area contributed by atoms with Crippen LogP contribution in [0.2, 0.25) is 0 Å². The second-order valence-electron chi connectivity index (χ2n) is 5.00. The summed E-state index contributed by atoms with van der Waals surface area (Å²) >= 11 is 0. The van der Waals surface area contributed by atoms with Crippen molar-refractivity contribution in [3.63, 3.8) is 0 Å². The second kappa shape index (κ2) is 15.0. The van der Waals surface area contributed by atoms with Gasteiger partial charge in [-0.2, -0.15) is 0 Å². The summed E-state index contributed by atoms with van der Waals surface area (Å²) in [7, 11) is 2.20. The summed E-state index contributed by atoms with van der Waals surface area (Å²) in [5.41, 5.74) is 0. The van der Waals surface area contributed by atoms with Crippen molar-refractivity contribution in [2.75, 3.05) is 20.1 Å². The summed E-state index contributed by atoms with van der Waals surface area (Å²) in [5, 5.41) is 0. The fraction of sp³-hybridized carbons (Fsp3) is 1.00. The van der Waals surface area contributed by atoms with Crippen LogP contribution in [0, 0.1) is 0 Å². The van der Waals surface area contributed by atoms with E-state index in [2.05, 4.69) is 58.4 Å². The molecule has 0 atom stereocenters. The molecule has 0 aromatic carbocycles. The Labute approximate surface area is 118 Å². The molecule has 0 aromatic rings. The van der Waals surface area contributed by atoms with Crippen LogP contribution in [0.5, 0.6) is 0 Å². The Kier molecular flexibility index (Phi) is 19.2. The quantitative estimate of drug-likeness (QED) is 0.694. The van der Waals surface area contributed by atoms with E-state index in [0.717, 1.165) is 6.54 Å². The van der Waals surface area contributed by atoms with Crippen LogP contribution in [0.3, 0.4) is 0 Å². The largest absolute Gasteiger partial charge is 0.303 e. The Balaban J connectivity index is -0.000000506. The summed E-state index contributed by atoms with van der Waals surface area (Å²) in [5.74, 6) is 0. The standard InChI is InChI=1S/C12H28N2.2C2H6/c1-10(2)13(7)8-9-14(11(3)4)12(5)6;2*1-2/h10-12H,8-9H2,1-7H3;2*1-2H3. The zero-order chi connectivity index (χ0) is 15.3. The van der Waals surface area contributed by atoms with E-state index in [1.165, 1.54) is 6.54 Å². The molecule has 0 N–H and O–H groups in total. The molecule has 0 saturated heterocycles. The molecule has 0 radical (unpaired) electrons. The molecular weight excluding hydrogens is 220 g/mol. The molecule has 0 heterocycles. The minimum absolute atomic E-state index is 0.649. The summed E-state index contributed by atoms with van der Waals surface area (Å²) in [6.07, 6.45) is 0. The fourth-order valence-corrected chi connectivity index (χ4v) is 1.64. The molecule has 114 valence electrons. The Morgan fingerprint density at radius 2 is 0.944 bits per heavy atom. The van der Waals surface area contributed by atoms with E-state index < -0.39 is 0 Å². The molecule has 0 aliphatic carbocycles. The van der Waals surface area contributed by atoms with Gasteiger partial charge in [0.05, 0.1) is 0 Å². The van der Waals surface area contributed by atoms with Crippen molar-refractivity contribution in [2.24, 2.45) is 0 Å². The number of likely N-dealkylation sites (N-methyl/N-ethyl adjacent to an activating group) is 1. The summed E-state index contributed by atoms with van der Waals surface area (Å²) in [6, 6.07) is 1.95. The normalized spacial score (nSPS) is 10.7. The van der Waals surface area contributed by atoms with Crippen molar-refractivity contribution in [3.05, 3.63) is 0 Å². The molecule has 0 fully saturated rings. The highest BCUT2D eigenvalue weighted by Gasteiger charge is 2.14. The van der Waals surface area contributed by atoms with Crippen LogP contribution >= 0.6 is 0 Å². The third-order valence-corrected chi connectivity index (χ3v) is 2.92. The summed E-state index contributed by atoms with van der Waals surface area (Å²) < 4.78 is 0. The monoisotopic (exact) mass is 260 g/mol. The SMILES string of the molecule is CC.CC.CC(C)N(C)CCN(C(C)C)C(C)C. The topological polar surface area (TPSA) is 6.48 Å². The summed E-state index contributed by atoms with van der Waals surface area (Å²) in [4.78, 5) is 4.94. The van der Waals surface area contributed by atoms with Gasteiger partial charge >= 0.3 is 0 Å². The van der Waals surface area contributed by atoms with Gasteiger partial charge in [0, 0.05) is 31.2 Å². The molecule has 0 aliphatic rings. The van der Waals surface area contributed by atoms with Crippen molar-refractivity contribution in [3.8, 4) is 0 Å². The average molecular weight is 261 g/mol. The van der Waals surface area contributed by atoms with E-state index in [-0.39, 0.29) is 0 Å². The van der Waals surface area contributed by atoms with Crippen LogP contribution in [-0.4, -0.2) is 48.1 Å². The first kappa shape index (κ1) is 23.0. The van der Waals surface area contributed by atoms with Crippen LogP contribution in [0.15, 0.2) is 0 Å². The molecule has 0 amide bonds. The number of hydrogen-bond donors (Lipinski definition) is 0. The minimum atomic E-state index is 0.649. The highest BCUT2D eigenvalue weighted by Crippen LogP contribution is 2.05. The highest BCUT2D eigenvalue weighted by atomic mass is 15.2.